The van der Waals surface area contributed by atoms with Gasteiger partial charge in [-0.2, -0.15) is 0 Å². The number of hydrogen-bond donors (Lipinski definition) is 2. The van der Waals surface area contributed by atoms with E-state index in [1.807, 2.05) is 0 Å². The molecule has 0 spiro atoms. The van der Waals surface area contributed by atoms with E-state index in [0.717, 1.165) is 6.54 Å². The van der Waals surface area contributed by atoms with Gasteiger partial charge in [0, 0.05) is 18.7 Å². The van der Waals surface area contributed by atoms with Crippen LogP contribution in [0.15, 0.2) is 78.9 Å². The minimum Gasteiger partial charge on any atom is -0.478 e. The Bertz CT molecular complexity index is 962. The molecule has 0 aliphatic rings. The molecule has 3 aromatic carbocycles. The van der Waals surface area contributed by atoms with Crippen LogP contribution in [-0.4, -0.2) is 41.1 Å². The number of hydrogen-bond acceptors (Lipinski definition) is 3. The molecule has 0 saturated heterocycles. The maximum Gasteiger partial charge on any atom is 0.328 e. The van der Waals surface area contributed by atoms with Gasteiger partial charge in [-0.1, -0.05) is 54.6 Å². The van der Waals surface area contributed by atoms with Crippen LogP contribution in [-0.2, 0) is 16.1 Å². The van der Waals surface area contributed by atoms with Gasteiger partial charge in [0.15, 0.2) is 0 Å². The zero-order chi connectivity index (χ0) is 20.5. The molecule has 0 fully saturated rings. The molecule has 0 radical (unpaired) electrons. The summed E-state index contributed by atoms with van der Waals surface area (Å²) in [7, 11) is 4.22. The van der Waals surface area contributed by atoms with E-state index in [0.29, 0.717) is 12.2 Å². The molecule has 0 amide bonds. The third kappa shape index (κ3) is 6.37. The van der Waals surface area contributed by atoms with Gasteiger partial charge >= 0.3 is 11.9 Å². The van der Waals surface area contributed by atoms with Gasteiger partial charge in [0.2, 0.25) is 0 Å². The van der Waals surface area contributed by atoms with Crippen LogP contribution in [0.1, 0.15) is 5.56 Å². The summed E-state index contributed by atoms with van der Waals surface area (Å²) in [5.41, 5.74) is 3.96. The van der Waals surface area contributed by atoms with Crippen LogP contribution >= 0.6 is 0 Å². The van der Waals surface area contributed by atoms with Gasteiger partial charge in [-0.15, -0.1) is 0 Å². The highest BCUT2D eigenvalue weighted by atomic mass is 16.4. The molecular weight excluding hydrogens is 354 g/mol. The summed E-state index contributed by atoms with van der Waals surface area (Å²) >= 11 is 0. The van der Waals surface area contributed by atoms with E-state index >= 15 is 0 Å². The lowest BCUT2D eigenvalue weighted by Gasteiger charge is -2.14. The van der Waals surface area contributed by atoms with Crippen molar-refractivity contribution in [1.82, 2.24) is 4.90 Å². The zero-order valence-electron chi connectivity index (χ0n) is 15.9. The summed E-state index contributed by atoms with van der Waals surface area (Å²) in [4.78, 5) is 21.3. The summed E-state index contributed by atoms with van der Waals surface area (Å²) in [6.45, 7) is 0.963. The lowest BCUT2D eigenvalue weighted by atomic mass is 9.95. The number of aliphatic carboxylic acids is 2. The Morgan fingerprint density at radius 1 is 0.857 bits per heavy atom. The first-order valence-electron chi connectivity index (χ1n) is 8.72. The molecule has 0 heterocycles. The maximum atomic E-state index is 9.55. The quantitative estimate of drug-likeness (QED) is 0.649. The summed E-state index contributed by atoms with van der Waals surface area (Å²) in [6.07, 6.45) is 1.12. The largest absolute Gasteiger partial charge is 0.478 e. The van der Waals surface area contributed by atoms with Crippen molar-refractivity contribution in [3.05, 3.63) is 84.4 Å². The number of carboxylic acid groups (broad SMARTS) is 2. The SMILES string of the molecule is CN(C)Cc1cc(-c2ccccc2)c2ccccc2c1.O=C(O)C=CC(=O)O. The molecule has 5 nitrogen and oxygen atoms in total. The van der Waals surface area contributed by atoms with Crippen molar-refractivity contribution in [1.29, 1.82) is 0 Å². The fraction of sp³-hybridized carbons (Fsp3) is 0.130. The number of carbonyl (C=O) groups is 2. The van der Waals surface area contributed by atoms with Crippen molar-refractivity contribution >= 4 is 22.7 Å². The number of fused-ring (bicyclic) bond motifs is 1. The molecular formula is C23H23NO4. The van der Waals surface area contributed by atoms with Crippen LogP contribution in [0.3, 0.4) is 0 Å². The van der Waals surface area contributed by atoms with Gasteiger partial charge in [0.25, 0.3) is 0 Å². The minimum atomic E-state index is -1.26. The Kier molecular flexibility index (Phi) is 7.48. The van der Waals surface area contributed by atoms with Gasteiger partial charge in [0.1, 0.15) is 0 Å². The average molecular weight is 377 g/mol. The first kappa shape index (κ1) is 20.9. The van der Waals surface area contributed by atoms with Crippen LogP contribution in [0.2, 0.25) is 0 Å². The number of rotatable bonds is 5. The highest BCUT2D eigenvalue weighted by molar-refractivity contribution is 5.97. The molecule has 3 rings (SSSR count). The highest BCUT2D eigenvalue weighted by Crippen LogP contribution is 2.30. The van der Waals surface area contributed by atoms with Gasteiger partial charge in [-0.25, -0.2) is 9.59 Å². The Morgan fingerprint density at radius 2 is 1.43 bits per heavy atom. The third-order valence-electron chi connectivity index (χ3n) is 3.87. The summed E-state index contributed by atoms with van der Waals surface area (Å²) in [5.74, 6) is -2.51. The van der Waals surface area contributed by atoms with Crippen molar-refractivity contribution < 1.29 is 19.8 Å². The Balaban J connectivity index is 0.000000300. The second-order valence-electron chi connectivity index (χ2n) is 6.48. The standard InChI is InChI=1S/C19H19N.C4H4O4/c1-20(2)14-15-12-17-10-6-7-11-18(17)19(13-15)16-8-4-3-5-9-16;5-3(6)1-2-4(7)8/h3-13H,14H2,1-2H3;1-2H,(H,5,6)(H,7,8). The van der Waals surface area contributed by atoms with Crippen LogP contribution in [0, 0.1) is 0 Å². The molecule has 0 aliphatic carbocycles. The molecule has 0 atom stereocenters. The zero-order valence-corrected chi connectivity index (χ0v) is 15.9. The fourth-order valence-corrected chi connectivity index (χ4v) is 2.83. The number of nitrogens with zero attached hydrogens (tertiary/aromatic N) is 1. The minimum absolute atomic E-state index is 0.558. The van der Waals surface area contributed by atoms with Crippen LogP contribution in [0.25, 0.3) is 21.9 Å². The number of carboxylic acids is 2. The molecule has 3 aromatic rings. The summed E-state index contributed by atoms with van der Waals surface area (Å²) in [5, 5.41) is 18.3. The van der Waals surface area contributed by atoms with Crippen molar-refractivity contribution in [2.45, 2.75) is 6.54 Å². The maximum absolute atomic E-state index is 9.55. The van der Waals surface area contributed by atoms with E-state index in [1.165, 1.54) is 27.5 Å². The first-order valence-corrected chi connectivity index (χ1v) is 8.72. The van der Waals surface area contributed by atoms with E-state index in [2.05, 4.69) is 85.7 Å². The number of benzene rings is 3. The molecule has 0 unspecified atom stereocenters. The Hall–Kier alpha value is -3.44. The second-order valence-corrected chi connectivity index (χ2v) is 6.48. The van der Waals surface area contributed by atoms with Crippen molar-refractivity contribution in [3.63, 3.8) is 0 Å². The molecule has 5 heteroatoms. The lowest BCUT2D eigenvalue weighted by molar-refractivity contribution is -0.134. The van der Waals surface area contributed by atoms with Gasteiger partial charge < -0.3 is 15.1 Å². The predicted molar refractivity (Wildman–Crippen MR) is 111 cm³/mol. The van der Waals surface area contributed by atoms with E-state index in [4.69, 9.17) is 10.2 Å². The molecule has 0 aromatic heterocycles. The van der Waals surface area contributed by atoms with Gasteiger partial charge in [-0.3, -0.25) is 0 Å². The smallest absolute Gasteiger partial charge is 0.328 e. The molecule has 2 N–H and O–H groups in total. The monoisotopic (exact) mass is 377 g/mol. The fourth-order valence-electron chi connectivity index (χ4n) is 2.83. The summed E-state index contributed by atoms with van der Waals surface area (Å²) in [6, 6.07) is 23.9. The van der Waals surface area contributed by atoms with E-state index < -0.39 is 11.9 Å². The van der Waals surface area contributed by atoms with E-state index in [1.54, 1.807) is 0 Å². The summed E-state index contributed by atoms with van der Waals surface area (Å²) < 4.78 is 0. The van der Waals surface area contributed by atoms with Gasteiger partial charge in [-0.05, 0) is 53.7 Å². The van der Waals surface area contributed by atoms with Crippen molar-refractivity contribution in [2.24, 2.45) is 0 Å². The topological polar surface area (TPSA) is 77.8 Å². The molecule has 144 valence electrons. The second kappa shape index (κ2) is 10.0. The van der Waals surface area contributed by atoms with E-state index in [9.17, 15) is 9.59 Å². The lowest BCUT2D eigenvalue weighted by Crippen LogP contribution is -2.10. The first-order chi connectivity index (χ1) is 13.4. The molecule has 0 aliphatic heterocycles. The average Bonchev–Trinajstić information content (AvgIpc) is 2.66. The van der Waals surface area contributed by atoms with Crippen molar-refractivity contribution in [2.75, 3.05) is 14.1 Å². The Morgan fingerprint density at radius 3 is 2.00 bits per heavy atom. The molecule has 28 heavy (non-hydrogen) atoms. The third-order valence-corrected chi connectivity index (χ3v) is 3.87. The van der Waals surface area contributed by atoms with Crippen LogP contribution < -0.4 is 0 Å². The molecule has 0 bridgehead atoms. The van der Waals surface area contributed by atoms with Crippen LogP contribution in [0.5, 0.6) is 0 Å². The van der Waals surface area contributed by atoms with E-state index in [-0.39, 0.29) is 0 Å². The van der Waals surface area contributed by atoms with Gasteiger partial charge in [0.05, 0.1) is 0 Å². The van der Waals surface area contributed by atoms with Crippen LogP contribution in [0.4, 0.5) is 0 Å². The normalized spacial score (nSPS) is 10.7. The predicted octanol–water partition coefficient (Wildman–Crippen LogP) is 4.28. The molecule has 0 saturated carbocycles. The highest BCUT2D eigenvalue weighted by Gasteiger charge is 2.06. The Labute approximate surface area is 164 Å². The van der Waals surface area contributed by atoms with Crippen molar-refractivity contribution in [3.8, 4) is 11.1 Å².